The highest BCUT2D eigenvalue weighted by Crippen LogP contribution is 2.26. The van der Waals surface area contributed by atoms with Crippen molar-refractivity contribution in [1.82, 2.24) is 9.97 Å². The van der Waals surface area contributed by atoms with E-state index in [0.717, 1.165) is 26.9 Å². The molecule has 7 heteroatoms. The van der Waals surface area contributed by atoms with Crippen molar-refractivity contribution in [3.63, 3.8) is 0 Å². The van der Waals surface area contributed by atoms with Crippen molar-refractivity contribution in [3.8, 4) is 16.3 Å². The smallest absolute Gasteiger partial charge is 0.232 e. The molecule has 0 saturated carbocycles. The zero-order valence-electron chi connectivity index (χ0n) is 13.4. The molecule has 0 radical (unpaired) electrons. The van der Waals surface area contributed by atoms with Crippen LogP contribution >= 0.6 is 22.7 Å². The lowest BCUT2D eigenvalue weighted by Crippen LogP contribution is -2.14. The molecule has 3 aromatic rings. The Bertz CT molecular complexity index is 824. The van der Waals surface area contributed by atoms with E-state index in [1.807, 2.05) is 43.5 Å². The van der Waals surface area contributed by atoms with Gasteiger partial charge in [0.1, 0.15) is 10.8 Å². The molecule has 3 rings (SSSR count). The number of aryl methyl sites for hydroxylation is 1. The Morgan fingerprint density at radius 2 is 2.08 bits per heavy atom. The SMILES string of the molecule is CCOc1ccc(-c2nc(CC(=O)Nc3ncc(C)s3)cs2)cc1. The molecular formula is C17H17N3O2S2. The fourth-order valence-electron chi connectivity index (χ4n) is 2.12. The third kappa shape index (κ3) is 4.18. The van der Waals surface area contributed by atoms with Crippen LogP contribution in [0.25, 0.3) is 10.6 Å². The van der Waals surface area contributed by atoms with E-state index in [9.17, 15) is 4.79 Å². The first-order valence-electron chi connectivity index (χ1n) is 7.54. The number of hydrogen-bond donors (Lipinski definition) is 1. The molecule has 0 spiro atoms. The highest BCUT2D eigenvalue weighted by atomic mass is 32.1. The molecule has 0 aliphatic carbocycles. The van der Waals surface area contributed by atoms with E-state index in [4.69, 9.17) is 4.74 Å². The molecule has 0 unspecified atom stereocenters. The summed E-state index contributed by atoms with van der Waals surface area (Å²) in [5.41, 5.74) is 1.78. The fourth-order valence-corrected chi connectivity index (χ4v) is 3.63. The van der Waals surface area contributed by atoms with Crippen LogP contribution in [0.1, 0.15) is 17.5 Å². The van der Waals surface area contributed by atoms with Gasteiger partial charge in [0.05, 0.1) is 18.7 Å². The topological polar surface area (TPSA) is 64.1 Å². The van der Waals surface area contributed by atoms with Gasteiger partial charge in [0, 0.05) is 22.0 Å². The minimum Gasteiger partial charge on any atom is -0.494 e. The first kappa shape index (κ1) is 16.6. The number of ether oxygens (including phenoxy) is 1. The average molecular weight is 359 g/mol. The summed E-state index contributed by atoms with van der Waals surface area (Å²) in [5, 5.41) is 6.23. The van der Waals surface area contributed by atoms with Crippen LogP contribution in [0.5, 0.6) is 5.75 Å². The van der Waals surface area contributed by atoms with Crippen molar-refractivity contribution in [2.24, 2.45) is 0 Å². The highest BCUT2D eigenvalue weighted by molar-refractivity contribution is 7.15. The predicted octanol–water partition coefficient (Wildman–Crippen LogP) is 4.15. The molecule has 124 valence electrons. The lowest BCUT2D eigenvalue weighted by molar-refractivity contribution is -0.115. The standard InChI is InChI=1S/C17H17N3O2S2/c1-3-22-14-6-4-12(5-7-14)16-19-13(10-23-16)8-15(21)20-17-18-9-11(2)24-17/h4-7,9-10H,3,8H2,1-2H3,(H,18,20,21). The van der Waals surface area contributed by atoms with Crippen LogP contribution in [-0.4, -0.2) is 22.5 Å². The number of nitrogens with one attached hydrogen (secondary N) is 1. The second-order valence-electron chi connectivity index (χ2n) is 5.10. The molecule has 0 bridgehead atoms. The molecule has 1 amide bonds. The van der Waals surface area contributed by atoms with Gasteiger partial charge in [-0.15, -0.1) is 22.7 Å². The van der Waals surface area contributed by atoms with Crippen molar-refractivity contribution in [3.05, 3.63) is 46.4 Å². The number of rotatable bonds is 6. The molecule has 5 nitrogen and oxygen atoms in total. The van der Waals surface area contributed by atoms with E-state index in [1.54, 1.807) is 6.20 Å². The second-order valence-corrected chi connectivity index (χ2v) is 7.20. The van der Waals surface area contributed by atoms with Crippen LogP contribution in [0, 0.1) is 6.92 Å². The minimum atomic E-state index is -0.104. The normalized spacial score (nSPS) is 10.6. The number of amides is 1. The first-order chi connectivity index (χ1) is 11.6. The molecule has 2 aromatic heterocycles. The number of anilines is 1. The Hall–Kier alpha value is -2.25. The van der Waals surface area contributed by atoms with Gasteiger partial charge in [0.2, 0.25) is 5.91 Å². The van der Waals surface area contributed by atoms with Crippen molar-refractivity contribution < 1.29 is 9.53 Å². The number of carbonyl (C=O) groups is 1. The molecule has 0 saturated heterocycles. The third-order valence-corrected chi connectivity index (χ3v) is 4.94. The van der Waals surface area contributed by atoms with Crippen LogP contribution in [0.2, 0.25) is 0 Å². The van der Waals surface area contributed by atoms with Crippen LogP contribution < -0.4 is 10.1 Å². The molecule has 24 heavy (non-hydrogen) atoms. The summed E-state index contributed by atoms with van der Waals surface area (Å²) in [5.74, 6) is 0.740. The van der Waals surface area contributed by atoms with Crippen molar-refractivity contribution >= 4 is 33.7 Å². The van der Waals surface area contributed by atoms with Crippen molar-refractivity contribution in [1.29, 1.82) is 0 Å². The first-order valence-corrected chi connectivity index (χ1v) is 9.23. The van der Waals surface area contributed by atoms with Gasteiger partial charge in [-0.1, -0.05) is 0 Å². The predicted molar refractivity (Wildman–Crippen MR) is 97.9 cm³/mol. The summed E-state index contributed by atoms with van der Waals surface area (Å²) in [6.07, 6.45) is 1.99. The van der Waals surface area contributed by atoms with Crippen molar-refractivity contribution in [2.75, 3.05) is 11.9 Å². The number of thiazole rings is 2. The highest BCUT2D eigenvalue weighted by Gasteiger charge is 2.11. The summed E-state index contributed by atoms with van der Waals surface area (Å²) >= 11 is 2.99. The Morgan fingerprint density at radius 1 is 1.29 bits per heavy atom. The van der Waals surface area contributed by atoms with E-state index in [-0.39, 0.29) is 12.3 Å². The number of benzene rings is 1. The molecule has 1 aromatic carbocycles. The van der Waals surface area contributed by atoms with Gasteiger partial charge in [-0.05, 0) is 38.1 Å². The van der Waals surface area contributed by atoms with Crippen LogP contribution in [-0.2, 0) is 11.2 Å². The Balaban J connectivity index is 1.63. The zero-order valence-corrected chi connectivity index (χ0v) is 15.0. The maximum Gasteiger partial charge on any atom is 0.232 e. The van der Waals surface area contributed by atoms with Gasteiger partial charge in [0.15, 0.2) is 5.13 Å². The molecule has 1 N–H and O–H groups in total. The number of nitrogens with zero attached hydrogens (tertiary/aromatic N) is 2. The van der Waals surface area contributed by atoms with Gasteiger partial charge in [-0.25, -0.2) is 9.97 Å². The molecular weight excluding hydrogens is 342 g/mol. The van der Waals surface area contributed by atoms with Crippen molar-refractivity contribution in [2.45, 2.75) is 20.3 Å². The maximum atomic E-state index is 12.1. The Morgan fingerprint density at radius 3 is 2.75 bits per heavy atom. The average Bonchev–Trinajstić information content (AvgIpc) is 3.18. The monoisotopic (exact) mass is 359 g/mol. The third-order valence-electron chi connectivity index (χ3n) is 3.17. The summed E-state index contributed by atoms with van der Waals surface area (Å²) in [6.45, 7) is 4.56. The number of aromatic nitrogens is 2. The molecule has 0 aliphatic rings. The largest absolute Gasteiger partial charge is 0.494 e. The lowest BCUT2D eigenvalue weighted by Gasteiger charge is -2.03. The van der Waals surface area contributed by atoms with Gasteiger partial charge < -0.3 is 10.1 Å². The number of carbonyl (C=O) groups excluding carboxylic acids is 1. The number of hydrogen-bond acceptors (Lipinski definition) is 6. The summed E-state index contributed by atoms with van der Waals surface area (Å²) in [4.78, 5) is 21.8. The molecule has 0 atom stereocenters. The maximum absolute atomic E-state index is 12.1. The van der Waals surface area contributed by atoms with Gasteiger partial charge in [-0.3, -0.25) is 4.79 Å². The molecule has 2 heterocycles. The minimum absolute atomic E-state index is 0.104. The quantitative estimate of drug-likeness (QED) is 0.718. The summed E-state index contributed by atoms with van der Waals surface area (Å²) in [6, 6.07) is 7.81. The fraction of sp³-hybridized carbons (Fsp3) is 0.235. The Labute approximate surface area is 148 Å². The van der Waals surface area contributed by atoms with Gasteiger partial charge in [0.25, 0.3) is 0 Å². The van der Waals surface area contributed by atoms with E-state index >= 15 is 0 Å². The second kappa shape index (κ2) is 7.55. The zero-order chi connectivity index (χ0) is 16.9. The van der Waals surface area contributed by atoms with E-state index in [1.165, 1.54) is 22.7 Å². The lowest BCUT2D eigenvalue weighted by atomic mass is 10.2. The molecule has 0 aliphatic heterocycles. The van der Waals surface area contributed by atoms with Gasteiger partial charge >= 0.3 is 0 Å². The molecule has 0 fully saturated rings. The van der Waals surface area contributed by atoms with E-state index < -0.39 is 0 Å². The Kier molecular flexibility index (Phi) is 5.22. The van der Waals surface area contributed by atoms with Crippen LogP contribution in [0.15, 0.2) is 35.8 Å². The van der Waals surface area contributed by atoms with Crippen LogP contribution in [0.3, 0.4) is 0 Å². The van der Waals surface area contributed by atoms with E-state index in [0.29, 0.717) is 11.7 Å². The van der Waals surface area contributed by atoms with Crippen LogP contribution in [0.4, 0.5) is 5.13 Å². The summed E-state index contributed by atoms with van der Waals surface area (Å²) < 4.78 is 5.44. The van der Waals surface area contributed by atoms with Gasteiger partial charge in [-0.2, -0.15) is 0 Å². The van der Waals surface area contributed by atoms with E-state index in [2.05, 4.69) is 15.3 Å². The summed E-state index contributed by atoms with van der Waals surface area (Å²) in [7, 11) is 0.